The molecule has 1 aromatic carbocycles. The molecule has 0 fully saturated rings. The van der Waals surface area contributed by atoms with Crippen LogP contribution in [0.25, 0.3) is 0 Å². The van der Waals surface area contributed by atoms with Crippen LogP contribution in [-0.4, -0.2) is 33.9 Å². The van der Waals surface area contributed by atoms with E-state index in [1.807, 2.05) is 30.3 Å². The van der Waals surface area contributed by atoms with Crippen molar-refractivity contribution in [3.63, 3.8) is 0 Å². The number of rotatable bonds is 3. The van der Waals surface area contributed by atoms with Gasteiger partial charge in [-0.1, -0.05) is 30.3 Å². The summed E-state index contributed by atoms with van der Waals surface area (Å²) in [5.41, 5.74) is 0.997. The molecule has 0 amide bonds. The van der Waals surface area contributed by atoms with Crippen LogP contribution in [0.2, 0.25) is 0 Å². The monoisotopic (exact) mass is 273 g/mol. The van der Waals surface area contributed by atoms with Gasteiger partial charge in [0, 0.05) is 0 Å². The minimum absolute atomic E-state index is 0.0910. The molecule has 1 aliphatic rings. The summed E-state index contributed by atoms with van der Waals surface area (Å²) in [6.45, 7) is 3.19. The smallest absolute Gasteiger partial charge is 0.378 e. The minimum atomic E-state index is -0.499. The minimum Gasteiger partial charge on any atom is -0.460 e. The van der Waals surface area contributed by atoms with Gasteiger partial charge in [0.25, 0.3) is 5.82 Å². The molecule has 2 heterocycles. The Balaban J connectivity index is 1.95. The second kappa shape index (κ2) is 5.42. The Morgan fingerprint density at radius 2 is 2.25 bits per heavy atom. The molecule has 0 radical (unpaired) electrons. The van der Waals surface area contributed by atoms with E-state index in [1.54, 1.807) is 11.6 Å². The number of fused-ring (bicyclic) bond motifs is 1. The summed E-state index contributed by atoms with van der Waals surface area (Å²) in [6.07, 6.45) is -0.291. The maximum atomic E-state index is 11.7. The average molecular weight is 273 g/mol. The van der Waals surface area contributed by atoms with Crippen LogP contribution in [0.3, 0.4) is 0 Å². The van der Waals surface area contributed by atoms with Gasteiger partial charge in [0.05, 0.1) is 19.8 Å². The maximum Gasteiger partial charge on any atom is 0.378 e. The van der Waals surface area contributed by atoms with Gasteiger partial charge in [0.15, 0.2) is 5.82 Å². The molecule has 2 aromatic rings. The second-order valence-corrected chi connectivity index (χ2v) is 4.40. The van der Waals surface area contributed by atoms with E-state index < -0.39 is 5.97 Å². The highest BCUT2D eigenvalue weighted by atomic mass is 16.5. The van der Waals surface area contributed by atoms with E-state index in [0.29, 0.717) is 25.6 Å². The molecule has 20 heavy (non-hydrogen) atoms. The first-order valence-corrected chi connectivity index (χ1v) is 6.58. The van der Waals surface area contributed by atoms with Gasteiger partial charge < -0.3 is 9.47 Å². The number of carbonyl (C=O) groups is 1. The van der Waals surface area contributed by atoms with Gasteiger partial charge in [0.2, 0.25) is 0 Å². The molecule has 0 N–H and O–H groups in total. The lowest BCUT2D eigenvalue weighted by Crippen LogP contribution is -2.23. The van der Waals surface area contributed by atoms with E-state index in [4.69, 9.17) is 9.47 Å². The quantitative estimate of drug-likeness (QED) is 0.794. The lowest BCUT2D eigenvalue weighted by molar-refractivity contribution is 0.0389. The van der Waals surface area contributed by atoms with Crippen LogP contribution in [0.4, 0.5) is 0 Å². The topological polar surface area (TPSA) is 66.2 Å². The van der Waals surface area contributed by atoms with E-state index in [1.165, 1.54) is 0 Å². The number of carbonyl (C=O) groups excluding carboxylic acids is 1. The molecule has 104 valence electrons. The van der Waals surface area contributed by atoms with E-state index in [9.17, 15) is 4.79 Å². The Morgan fingerprint density at radius 3 is 3.00 bits per heavy atom. The highest BCUT2D eigenvalue weighted by Gasteiger charge is 2.28. The lowest BCUT2D eigenvalue weighted by atomic mass is 10.1. The van der Waals surface area contributed by atoms with E-state index >= 15 is 0 Å². The number of hydrogen-bond donors (Lipinski definition) is 0. The Labute approximate surface area is 116 Å². The summed E-state index contributed by atoms with van der Waals surface area (Å²) in [5, 5.41) is 4.20. The van der Waals surface area contributed by atoms with Crippen molar-refractivity contribution in [1.29, 1.82) is 0 Å². The molecule has 0 spiro atoms. The molecule has 3 rings (SSSR count). The van der Waals surface area contributed by atoms with Crippen molar-refractivity contribution in [1.82, 2.24) is 14.8 Å². The van der Waals surface area contributed by atoms with E-state index in [0.717, 1.165) is 5.56 Å². The molecular weight excluding hydrogens is 258 g/mol. The molecule has 0 saturated carbocycles. The van der Waals surface area contributed by atoms with Crippen LogP contribution < -0.4 is 0 Å². The second-order valence-electron chi connectivity index (χ2n) is 4.40. The zero-order valence-electron chi connectivity index (χ0n) is 11.2. The third-order valence-corrected chi connectivity index (χ3v) is 3.08. The number of nitrogens with zero attached hydrogens (tertiary/aromatic N) is 3. The number of esters is 1. The van der Waals surface area contributed by atoms with Crippen molar-refractivity contribution in [2.75, 3.05) is 13.2 Å². The molecule has 0 saturated heterocycles. The first-order valence-electron chi connectivity index (χ1n) is 6.58. The maximum absolute atomic E-state index is 11.7. The predicted molar refractivity (Wildman–Crippen MR) is 70.2 cm³/mol. The van der Waals surface area contributed by atoms with Crippen LogP contribution >= 0.6 is 0 Å². The van der Waals surface area contributed by atoms with Gasteiger partial charge >= 0.3 is 5.97 Å². The standard InChI is InChI=1S/C14H15N3O3/c1-2-19-14(18)12-15-13-11(10-6-4-3-5-7-10)20-9-8-17(13)16-12/h3-7,11H,2,8-9H2,1H3. The fourth-order valence-corrected chi connectivity index (χ4v) is 2.20. The molecule has 1 aromatic heterocycles. The van der Waals surface area contributed by atoms with Crippen LogP contribution in [0, 0.1) is 0 Å². The van der Waals surface area contributed by atoms with Crippen molar-refractivity contribution in [3.8, 4) is 0 Å². The van der Waals surface area contributed by atoms with Crippen LogP contribution in [0.5, 0.6) is 0 Å². The highest BCUT2D eigenvalue weighted by molar-refractivity contribution is 5.85. The molecule has 0 bridgehead atoms. The van der Waals surface area contributed by atoms with Gasteiger partial charge in [-0.3, -0.25) is 0 Å². The Kier molecular flexibility index (Phi) is 3.47. The van der Waals surface area contributed by atoms with Crippen LogP contribution in [-0.2, 0) is 16.0 Å². The molecule has 6 heteroatoms. The summed E-state index contributed by atoms with van der Waals surface area (Å²) < 4.78 is 12.4. The normalized spacial score (nSPS) is 17.6. The van der Waals surface area contributed by atoms with Crippen LogP contribution in [0.1, 0.15) is 35.0 Å². The number of aromatic nitrogens is 3. The van der Waals surface area contributed by atoms with Crippen molar-refractivity contribution in [2.24, 2.45) is 0 Å². The third-order valence-electron chi connectivity index (χ3n) is 3.08. The van der Waals surface area contributed by atoms with Crippen molar-refractivity contribution < 1.29 is 14.3 Å². The van der Waals surface area contributed by atoms with Gasteiger partial charge in [-0.25, -0.2) is 14.5 Å². The number of benzene rings is 1. The summed E-state index contributed by atoms with van der Waals surface area (Å²) in [4.78, 5) is 16.0. The van der Waals surface area contributed by atoms with Crippen molar-refractivity contribution in [2.45, 2.75) is 19.6 Å². The van der Waals surface area contributed by atoms with E-state index in [2.05, 4.69) is 10.1 Å². The first kappa shape index (κ1) is 12.8. The molecule has 1 unspecified atom stereocenters. The Morgan fingerprint density at radius 1 is 1.45 bits per heavy atom. The Hall–Kier alpha value is -2.21. The Bertz CT molecular complexity index is 609. The van der Waals surface area contributed by atoms with Crippen molar-refractivity contribution >= 4 is 5.97 Å². The number of ether oxygens (including phenoxy) is 2. The van der Waals surface area contributed by atoms with Crippen molar-refractivity contribution in [3.05, 3.63) is 47.5 Å². The van der Waals surface area contributed by atoms with Gasteiger partial charge in [-0.15, -0.1) is 5.10 Å². The van der Waals surface area contributed by atoms with Crippen LogP contribution in [0.15, 0.2) is 30.3 Å². The highest BCUT2D eigenvalue weighted by Crippen LogP contribution is 2.27. The summed E-state index contributed by atoms with van der Waals surface area (Å²) in [5.74, 6) is 0.236. The predicted octanol–water partition coefficient (Wildman–Crippen LogP) is 1.57. The zero-order chi connectivity index (χ0) is 13.9. The summed E-state index contributed by atoms with van der Waals surface area (Å²) in [7, 11) is 0. The average Bonchev–Trinajstić information content (AvgIpc) is 2.92. The molecular formula is C14H15N3O3. The molecule has 6 nitrogen and oxygen atoms in total. The first-order chi connectivity index (χ1) is 9.79. The lowest BCUT2D eigenvalue weighted by Gasteiger charge is -2.22. The third kappa shape index (κ3) is 2.30. The molecule has 1 aliphatic heterocycles. The van der Waals surface area contributed by atoms with Gasteiger partial charge in [-0.05, 0) is 12.5 Å². The van der Waals surface area contributed by atoms with Gasteiger partial charge in [0.1, 0.15) is 6.10 Å². The number of hydrogen-bond acceptors (Lipinski definition) is 5. The van der Waals surface area contributed by atoms with E-state index in [-0.39, 0.29) is 11.9 Å². The SMILES string of the molecule is CCOC(=O)c1nc2n(n1)CCOC2c1ccccc1. The fourth-order valence-electron chi connectivity index (χ4n) is 2.20. The summed E-state index contributed by atoms with van der Waals surface area (Å²) >= 11 is 0. The van der Waals surface area contributed by atoms with Gasteiger partial charge in [-0.2, -0.15) is 0 Å². The zero-order valence-corrected chi connectivity index (χ0v) is 11.2. The summed E-state index contributed by atoms with van der Waals surface area (Å²) in [6, 6.07) is 9.78. The fraction of sp³-hybridized carbons (Fsp3) is 0.357. The molecule has 1 atom stereocenters. The largest absolute Gasteiger partial charge is 0.460 e. The molecule has 0 aliphatic carbocycles.